The van der Waals surface area contributed by atoms with Crippen LogP contribution in [0.4, 0.5) is 0 Å². The summed E-state index contributed by atoms with van der Waals surface area (Å²) in [7, 11) is 0. The second-order valence-electron chi connectivity index (χ2n) is 5.67. The van der Waals surface area contributed by atoms with Crippen LogP contribution >= 0.6 is 0 Å². The van der Waals surface area contributed by atoms with Crippen LogP contribution in [0.25, 0.3) is 10.8 Å². The maximum atomic E-state index is 12.7. The third kappa shape index (κ3) is 2.85. The smallest absolute Gasteiger partial charge is 0.227 e. The van der Waals surface area contributed by atoms with Crippen molar-refractivity contribution < 1.29 is 14.6 Å². The van der Waals surface area contributed by atoms with E-state index in [4.69, 9.17) is 4.74 Å². The monoisotopic (exact) mass is 299 g/mol. The second-order valence-corrected chi connectivity index (χ2v) is 5.67. The van der Waals surface area contributed by atoms with Crippen LogP contribution < -0.4 is 0 Å². The zero-order valence-electron chi connectivity index (χ0n) is 12.7. The van der Waals surface area contributed by atoms with Gasteiger partial charge in [-0.15, -0.1) is 0 Å². The van der Waals surface area contributed by atoms with E-state index in [-0.39, 0.29) is 11.9 Å². The predicted molar refractivity (Wildman–Crippen MR) is 85.7 cm³/mol. The van der Waals surface area contributed by atoms with Gasteiger partial charge >= 0.3 is 0 Å². The molecule has 1 N–H and O–H groups in total. The summed E-state index contributed by atoms with van der Waals surface area (Å²) in [5, 5.41) is 12.2. The lowest BCUT2D eigenvalue weighted by Crippen LogP contribution is -2.47. The number of hydrogen-bond acceptors (Lipinski definition) is 3. The molecule has 0 bridgehead atoms. The number of carbonyl (C=O) groups excluding carboxylic acids is 1. The number of amides is 1. The molecule has 1 saturated heterocycles. The number of rotatable bonds is 4. The molecule has 3 rings (SSSR count). The number of carbonyl (C=O) groups is 1. The van der Waals surface area contributed by atoms with Gasteiger partial charge in [0, 0.05) is 6.54 Å². The van der Waals surface area contributed by atoms with Gasteiger partial charge in [0.05, 0.1) is 31.8 Å². The highest BCUT2D eigenvalue weighted by molar-refractivity contribution is 5.90. The first-order valence-corrected chi connectivity index (χ1v) is 7.72. The van der Waals surface area contributed by atoms with Crippen molar-refractivity contribution in [3.8, 4) is 0 Å². The Kier molecular flexibility index (Phi) is 4.41. The highest BCUT2D eigenvalue weighted by Crippen LogP contribution is 2.21. The molecular formula is C18H21NO3. The lowest BCUT2D eigenvalue weighted by molar-refractivity contribution is -0.134. The standard InChI is InChI=1S/C18H21NO3/c1-2-19(16-11-22-12-17(16)20)18(21)10-14-8-5-7-13-6-3-4-9-15(13)14/h3-9,16-17,20H,2,10-12H2,1H3/t16-,17-/m1/s1. The molecule has 116 valence electrons. The second kappa shape index (κ2) is 6.46. The van der Waals surface area contributed by atoms with Gasteiger partial charge in [-0.3, -0.25) is 4.79 Å². The molecule has 0 unspecified atom stereocenters. The Bertz CT molecular complexity index is 665. The van der Waals surface area contributed by atoms with Gasteiger partial charge in [-0.1, -0.05) is 42.5 Å². The summed E-state index contributed by atoms with van der Waals surface area (Å²) in [6.07, 6.45) is -0.241. The summed E-state index contributed by atoms with van der Waals surface area (Å²) in [6.45, 7) is 3.24. The highest BCUT2D eigenvalue weighted by Gasteiger charge is 2.33. The van der Waals surface area contributed by atoms with Gasteiger partial charge in [-0.2, -0.15) is 0 Å². The molecule has 1 heterocycles. The van der Waals surface area contributed by atoms with Crippen molar-refractivity contribution >= 4 is 16.7 Å². The third-order valence-electron chi connectivity index (χ3n) is 4.30. The van der Waals surface area contributed by atoms with Gasteiger partial charge in [0.15, 0.2) is 0 Å². The fourth-order valence-corrected chi connectivity index (χ4v) is 3.14. The van der Waals surface area contributed by atoms with E-state index in [1.165, 1.54) is 0 Å². The van der Waals surface area contributed by atoms with Gasteiger partial charge in [0.2, 0.25) is 5.91 Å². The Labute approximate surface area is 130 Å². The van der Waals surface area contributed by atoms with E-state index in [9.17, 15) is 9.90 Å². The maximum Gasteiger partial charge on any atom is 0.227 e. The van der Waals surface area contributed by atoms with Crippen LogP contribution in [0, 0.1) is 0 Å². The molecule has 1 fully saturated rings. The van der Waals surface area contributed by atoms with Crippen LogP contribution in [0.1, 0.15) is 12.5 Å². The molecular weight excluding hydrogens is 278 g/mol. The fourth-order valence-electron chi connectivity index (χ4n) is 3.14. The van der Waals surface area contributed by atoms with Crippen LogP contribution in [0.5, 0.6) is 0 Å². The molecule has 2 aromatic carbocycles. The van der Waals surface area contributed by atoms with Crippen molar-refractivity contribution in [3.05, 3.63) is 48.0 Å². The van der Waals surface area contributed by atoms with Gasteiger partial charge in [-0.25, -0.2) is 0 Å². The summed E-state index contributed by atoms with van der Waals surface area (Å²) in [5.74, 6) is 0.0356. The van der Waals surface area contributed by atoms with E-state index in [0.717, 1.165) is 16.3 Å². The lowest BCUT2D eigenvalue weighted by Gasteiger charge is -2.29. The lowest BCUT2D eigenvalue weighted by atomic mass is 10.0. The van der Waals surface area contributed by atoms with Gasteiger partial charge in [0.25, 0.3) is 0 Å². The normalized spacial score (nSPS) is 21.2. The highest BCUT2D eigenvalue weighted by atomic mass is 16.5. The third-order valence-corrected chi connectivity index (χ3v) is 4.30. The van der Waals surface area contributed by atoms with E-state index in [2.05, 4.69) is 12.1 Å². The van der Waals surface area contributed by atoms with Gasteiger partial charge in [0.1, 0.15) is 0 Å². The number of hydrogen-bond donors (Lipinski definition) is 1. The fraction of sp³-hybridized carbons (Fsp3) is 0.389. The summed E-state index contributed by atoms with van der Waals surface area (Å²) >= 11 is 0. The molecule has 2 aromatic rings. The number of fused-ring (bicyclic) bond motifs is 1. The molecule has 0 saturated carbocycles. The molecule has 4 heteroatoms. The van der Waals surface area contributed by atoms with E-state index in [0.29, 0.717) is 26.2 Å². The Balaban J connectivity index is 1.83. The number of likely N-dealkylation sites (N-methyl/N-ethyl adjacent to an activating group) is 1. The van der Waals surface area contributed by atoms with Crippen LogP contribution in [0.15, 0.2) is 42.5 Å². The Morgan fingerprint density at radius 2 is 2.00 bits per heavy atom. The minimum atomic E-state index is -0.587. The molecule has 0 spiro atoms. The topological polar surface area (TPSA) is 49.8 Å². The van der Waals surface area contributed by atoms with Gasteiger partial charge in [-0.05, 0) is 23.3 Å². The number of aliphatic hydroxyl groups excluding tert-OH is 1. The van der Waals surface area contributed by atoms with E-state index >= 15 is 0 Å². The van der Waals surface area contributed by atoms with Gasteiger partial charge < -0.3 is 14.7 Å². The molecule has 0 aromatic heterocycles. The number of aliphatic hydroxyl groups is 1. The van der Waals surface area contributed by atoms with E-state index < -0.39 is 6.10 Å². The summed E-state index contributed by atoms with van der Waals surface area (Å²) in [4.78, 5) is 14.4. The minimum absolute atomic E-state index is 0.0356. The summed E-state index contributed by atoms with van der Waals surface area (Å²) < 4.78 is 5.28. The average molecular weight is 299 g/mol. The quantitative estimate of drug-likeness (QED) is 0.939. The molecule has 22 heavy (non-hydrogen) atoms. The van der Waals surface area contributed by atoms with Crippen molar-refractivity contribution in [1.29, 1.82) is 0 Å². The zero-order valence-corrected chi connectivity index (χ0v) is 12.7. The Morgan fingerprint density at radius 3 is 2.73 bits per heavy atom. The molecule has 1 aliphatic rings. The van der Waals surface area contributed by atoms with Crippen LogP contribution in [-0.2, 0) is 16.0 Å². The largest absolute Gasteiger partial charge is 0.388 e. The zero-order chi connectivity index (χ0) is 15.5. The molecule has 0 aliphatic carbocycles. The van der Waals surface area contributed by atoms with E-state index in [1.54, 1.807) is 4.90 Å². The van der Waals surface area contributed by atoms with Crippen LogP contribution in [0.3, 0.4) is 0 Å². The van der Waals surface area contributed by atoms with Crippen molar-refractivity contribution in [2.24, 2.45) is 0 Å². The first-order valence-electron chi connectivity index (χ1n) is 7.72. The number of benzene rings is 2. The molecule has 4 nitrogen and oxygen atoms in total. The van der Waals surface area contributed by atoms with Crippen molar-refractivity contribution in [1.82, 2.24) is 4.90 Å². The number of nitrogens with zero attached hydrogens (tertiary/aromatic N) is 1. The average Bonchev–Trinajstić information content (AvgIpc) is 2.95. The van der Waals surface area contributed by atoms with E-state index in [1.807, 2.05) is 37.3 Å². The van der Waals surface area contributed by atoms with Crippen molar-refractivity contribution in [3.63, 3.8) is 0 Å². The summed E-state index contributed by atoms with van der Waals surface area (Å²) in [5.41, 5.74) is 1.02. The van der Waals surface area contributed by atoms with Crippen LogP contribution in [0.2, 0.25) is 0 Å². The summed E-state index contributed by atoms with van der Waals surface area (Å²) in [6, 6.07) is 13.9. The Morgan fingerprint density at radius 1 is 1.23 bits per heavy atom. The first kappa shape index (κ1) is 15.0. The Hall–Kier alpha value is -1.91. The van der Waals surface area contributed by atoms with Crippen molar-refractivity contribution in [2.45, 2.75) is 25.5 Å². The minimum Gasteiger partial charge on any atom is -0.388 e. The predicted octanol–water partition coefficient (Wildman–Crippen LogP) is 1.99. The number of ether oxygens (including phenoxy) is 1. The molecule has 1 amide bonds. The SMILES string of the molecule is CCN(C(=O)Cc1cccc2ccccc12)[C@@H]1COC[C@H]1O. The molecule has 1 aliphatic heterocycles. The molecule has 2 atom stereocenters. The van der Waals surface area contributed by atoms with Crippen molar-refractivity contribution in [2.75, 3.05) is 19.8 Å². The maximum absolute atomic E-state index is 12.7. The first-order chi connectivity index (χ1) is 10.7. The molecule has 0 radical (unpaired) electrons. The van der Waals surface area contributed by atoms with Crippen LogP contribution in [-0.4, -0.2) is 47.8 Å².